The molecule has 0 saturated heterocycles. The molecule has 11 rings (SSSR count). The zero-order chi connectivity index (χ0) is 36.3. The van der Waals surface area contributed by atoms with Crippen LogP contribution in [0.4, 0.5) is 0 Å². The highest BCUT2D eigenvalue weighted by Crippen LogP contribution is 2.61. The molecule has 0 saturated carbocycles. The van der Waals surface area contributed by atoms with Gasteiger partial charge in [0.05, 0.1) is 16.8 Å². The Morgan fingerprint density at radius 1 is 0.309 bits per heavy atom. The third kappa shape index (κ3) is 4.78. The maximum absolute atomic E-state index is 5.33. The predicted octanol–water partition coefficient (Wildman–Crippen LogP) is 11.9. The van der Waals surface area contributed by atoms with E-state index >= 15 is 0 Å². The van der Waals surface area contributed by atoms with Crippen molar-refractivity contribution < 1.29 is 0 Å². The molecule has 2 aliphatic carbocycles. The monoisotopic (exact) mass is 700 g/mol. The molecule has 0 bridgehead atoms. The molecule has 0 fully saturated rings. The van der Waals surface area contributed by atoms with Crippen LogP contribution in [0.15, 0.2) is 195 Å². The van der Waals surface area contributed by atoms with Gasteiger partial charge in [0, 0.05) is 41.5 Å². The van der Waals surface area contributed by atoms with Crippen LogP contribution in [0, 0.1) is 0 Å². The van der Waals surface area contributed by atoms with Gasteiger partial charge < -0.3 is 0 Å². The van der Waals surface area contributed by atoms with Crippen LogP contribution in [-0.4, -0.2) is 19.9 Å². The lowest BCUT2D eigenvalue weighted by Gasteiger charge is -2.35. The fourth-order valence-corrected chi connectivity index (χ4v) is 8.95. The van der Waals surface area contributed by atoms with E-state index in [1.165, 1.54) is 55.6 Å². The van der Waals surface area contributed by atoms with Crippen LogP contribution in [0.3, 0.4) is 0 Å². The Labute approximate surface area is 319 Å². The van der Waals surface area contributed by atoms with E-state index in [1.54, 1.807) is 6.20 Å². The molecule has 1 spiro atoms. The third-order valence-electron chi connectivity index (χ3n) is 11.4. The number of aromatic nitrogens is 4. The second kappa shape index (κ2) is 12.4. The number of hydrogen-bond acceptors (Lipinski definition) is 4. The maximum Gasteiger partial charge on any atom is 0.160 e. The third-order valence-corrected chi connectivity index (χ3v) is 11.4. The summed E-state index contributed by atoms with van der Waals surface area (Å²) < 4.78 is 0. The summed E-state index contributed by atoms with van der Waals surface area (Å²) in [5.74, 6) is 0.666. The largest absolute Gasteiger partial charge is 0.265 e. The number of nitrogens with zero attached hydrogens (tertiary/aromatic N) is 4. The normalized spacial score (nSPS) is 12.9. The first-order valence-corrected chi connectivity index (χ1v) is 18.6. The number of hydrogen-bond donors (Lipinski definition) is 0. The topological polar surface area (TPSA) is 51.6 Å². The van der Waals surface area contributed by atoms with Crippen LogP contribution < -0.4 is 0 Å². The van der Waals surface area contributed by atoms with Gasteiger partial charge in [-0.15, -0.1) is 0 Å². The van der Waals surface area contributed by atoms with Crippen molar-refractivity contribution in [2.75, 3.05) is 0 Å². The lowest BCUT2D eigenvalue weighted by atomic mass is 9.65. The molecule has 2 aliphatic rings. The van der Waals surface area contributed by atoms with Crippen LogP contribution in [-0.2, 0) is 5.41 Å². The van der Waals surface area contributed by atoms with Crippen molar-refractivity contribution in [3.8, 4) is 78.4 Å². The quantitative estimate of drug-likeness (QED) is 0.183. The van der Waals surface area contributed by atoms with E-state index in [9.17, 15) is 0 Å². The molecule has 3 heterocycles. The molecule has 4 heteroatoms. The lowest BCUT2D eigenvalue weighted by molar-refractivity contribution is 0.775. The summed E-state index contributed by atoms with van der Waals surface area (Å²) in [4.78, 5) is 19.1. The highest BCUT2D eigenvalue weighted by Gasteiger charge is 2.49. The second-order valence-corrected chi connectivity index (χ2v) is 14.2. The minimum absolute atomic E-state index is 0.569. The molecule has 9 aromatic rings. The molecule has 0 atom stereocenters. The first-order valence-electron chi connectivity index (χ1n) is 18.6. The average molecular weight is 701 g/mol. The Hall–Kier alpha value is -7.30. The van der Waals surface area contributed by atoms with Crippen molar-refractivity contribution >= 4 is 0 Å². The molecular formula is C51H32N4. The summed E-state index contributed by atoms with van der Waals surface area (Å²) in [6, 6.07) is 61.3. The molecule has 0 radical (unpaired) electrons. The van der Waals surface area contributed by atoms with Crippen LogP contribution in [0.5, 0.6) is 0 Å². The van der Waals surface area contributed by atoms with E-state index in [0.717, 1.165) is 39.2 Å². The summed E-state index contributed by atoms with van der Waals surface area (Å²) in [5, 5.41) is 0. The van der Waals surface area contributed by atoms with Gasteiger partial charge >= 0.3 is 0 Å². The molecular weight excluding hydrogens is 669 g/mol. The Bertz CT molecular complexity index is 2870. The van der Waals surface area contributed by atoms with E-state index in [0.29, 0.717) is 5.82 Å². The standard InChI is InChI=1S/C51H32N4/c1-2-12-39-38(11-1)40-13-3-6-16-44(40)51(45-17-7-4-14-41(45)42-15-5-8-18-46(42)51)47-30-36(23-24-43(39)47)49-31-48(34-25-28-52-29-26-34)54-50(55-49)35-21-19-33(20-22-35)37-10-9-27-53-32-37/h1-32H. The average Bonchev–Trinajstić information content (AvgIpc) is 3.52. The van der Waals surface area contributed by atoms with E-state index in [-0.39, 0.29) is 0 Å². The molecule has 4 nitrogen and oxygen atoms in total. The first-order chi connectivity index (χ1) is 27.3. The van der Waals surface area contributed by atoms with Crippen molar-refractivity contribution in [3.63, 3.8) is 0 Å². The molecule has 0 amide bonds. The van der Waals surface area contributed by atoms with Crippen LogP contribution in [0.25, 0.3) is 78.4 Å². The van der Waals surface area contributed by atoms with Crippen molar-refractivity contribution in [2.45, 2.75) is 5.41 Å². The fraction of sp³-hybridized carbons (Fsp3) is 0.0196. The summed E-state index contributed by atoms with van der Waals surface area (Å²) >= 11 is 0. The first kappa shape index (κ1) is 31.2. The maximum atomic E-state index is 5.33. The molecule has 0 N–H and O–H groups in total. The lowest BCUT2D eigenvalue weighted by Crippen LogP contribution is -2.29. The van der Waals surface area contributed by atoms with E-state index in [1.807, 2.05) is 36.8 Å². The summed E-state index contributed by atoms with van der Waals surface area (Å²) in [6.07, 6.45) is 7.31. The van der Waals surface area contributed by atoms with E-state index in [2.05, 4.69) is 162 Å². The summed E-state index contributed by atoms with van der Waals surface area (Å²) in [6.45, 7) is 0. The molecule has 3 aromatic heterocycles. The van der Waals surface area contributed by atoms with Gasteiger partial charge in [0.1, 0.15) is 0 Å². The molecule has 55 heavy (non-hydrogen) atoms. The van der Waals surface area contributed by atoms with Gasteiger partial charge in [-0.1, -0.05) is 140 Å². The molecule has 0 aliphatic heterocycles. The Morgan fingerprint density at radius 2 is 0.818 bits per heavy atom. The zero-order valence-electron chi connectivity index (χ0n) is 29.8. The van der Waals surface area contributed by atoms with Crippen molar-refractivity contribution in [3.05, 3.63) is 217 Å². The van der Waals surface area contributed by atoms with Gasteiger partial charge in [-0.05, 0) is 97.1 Å². The summed E-state index contributed by atoms with van der Waals surface area (Å²) in [5.41, 5.74) is 18.9. The van der Waals surface area contributed by atoms with Gasteiger partial charge in [0.15, 0.2) is 5.82 Å². The second-order valence-electron chi connectivity index (χ2n) is 14.2. The van der Waals surface area contributed by atoms with Crippen LogP contribution in [0.2, 0.25) is 0 Å². The fourth-order valence-electron chi connectivity index (χ4n) is 8.95. The van der Waals surface area contributed by atoms with Crippen molar-refractivity contribution in [2.24, 2.45) is 0 Å². The van der Waals surface area contributed by atoms with Crippen LogP contribution in [0.1, 0.15) is 22.3 Å². The highest BCUT2D eigenvalue weighted by atomic mass is 14.9. The zero-order valence-corrected chi connectivity index (χ0v) is 29.8. The Morgan fingerprint density at radius 3 is 1.42 bits per heavy atom. The minimum Gasteiger partial charge on any atom is -0.265 e. The Balaban J connectivity index is 1.18. The van der Waals surface area contributed by atoms with Gasteiger partial charge in [-0.25, -0.2) is 9.97 Å². The van der Waals surface area contributed by atoms with Crippen LogP contribution >= 0.6 is 0 Å². The number of rotatable bonds is 4. The minimum atomic E-state index is -0.569. The van der Waals surface area contributed by atoms with Crippen molar-refractivity contribution in [1.29, 1.82) is 0 Å². The van der Waals surface area contributed by atoms with Gasteiger partial charge in [-0.3, -0.25) is 9.97 Å². The number of pyridine rings is 2. The van der Waals surface area contributed by atoms with Crippen molar-refractivity contribution in [1.82, 2.24) is 19.9 Å². The smallest absolute Gasteiger partial charge is 0.160 e. The van der Waals surface area contributed by atoms with E-state index < -0.39 is 5.41 Å². The van der Waals surface area contributed by atoms with Gasteiger partial charge in [-0.2, -0.15) is 0 Å². The number of fused-ring (bicyclic) bond motifs is 12. The summed E-state index contributed by atoms with van der Waals surface area (Å²) in [7, 11) is 0. The van der Waals surface area contributed by atoms with Gasteiger partial charge in [0.2, 0.25) is 0 Å². The number of benzene rings is 6. The molecule has 6 aromatic carbocycles. The SMILES string of the molecule is c1cncc(-c2ccc(-c3nc(-c4ccncc4)cc(-c4ccc5c(c4)C4(c6ccccc6-c6ccccc6-5)c5ccccc5-c5ccccc54)n3)cc2)c1. The van der Waals surface area contributed by atoms with Gasteiger partial charge in [0.25, 0.3) is 0 Å². The predicted molar refractivity (Wildman–Crippen MR) is 221 cm³/mol. The van der Waals surface area contributed by atoms with E-state index in [4.69, 9.17) is 9.97 Å². The Kier molecular flexibility index (Phi) is 7.04. The molecule has 256 valence electrons. The highest BCUT2D eigenvalue weighted by molar-refractivity contribution is 5.98. The molecule has 0 unspecified atom stereocenters.